The Morgan fingerprint density at radius 1 is 1.17 bits per heavy atom. The summed E-state index contributed by atoms with van der Waals surface area (Å²) in [6, 6.07) is 8.02. The molecule has 24 heavy (non-hydrogen) atoms. The number of ketones is 1. The van der Waals surface area contributed by atoms with E-state index in [-0.39, 0.29) is 6.42 Å². The largest absolute Gasteiger partial charge is 0.458 e. The average Bonchev–Trinajstić information content (AvgIpc) is 2.44. The van der Waals surface area contributed by atoms with E-state index in [0.29, 0.717) is 6.08 Å². The van der Waals surface area contributed by atoms with Gasteiger partial charge < -0.3 is 10.1 Å². The summed E-state index contributed by atoms with van der Waals surface area (Å²) in [5.74, 6) is -2.62. The fourth-order valence-corrected chi connectivity index (χ4v) is 1.77. The van der Waals surface area contributed by atoms with E-state index in [1.165, 1.54) is 0 Å². The molecule has 0 aliphatic rings. The maximum absolute atomic E-state index is 12.2. The van der Waals surface area contributed by atoms with E-state index in [2.05, 4.69) is 5.32 Å². The van der Waals surface area contributed by atoms with Crippen LogP contribution in [0.5, 0.6) is 0 Å². The molecule has 0 heterocycles. The van der Waals surface area contributed by atoms with Gasteiger partial charge in [-0.2, -0.15) is 13.2 Å². The Morgan fingerprint density at radius 2 is 1.75 bits per heavy atom. The molecule has 0 aliphatic carbocycles. The van der Waals surface area contributed by atoms with Gasteiger partial charge in [-0.1, -0.05) is 30.3 Å². The van der Waals surface area contributed by atoms with E-state index in [1.807, 2.05) is 0 Å². The van der Waals surface area contributed by atoms with Gasteiger partial charge in [-0.25, -0.2) is 4.79 Å². The third-order valence-electron chi connectivity index (χ3n) is 2.79. The van der Waals surface area contributed by atoms with Gasteiger partial charge in [0.2, 0.25) is 0 Å². The number of hydrogen-bond donors (Lipinski definition) is 1. The van der Waals surface area contributed by atoms with Crippen LogP contribution < -0.4 is 5.32 Å². The second-order valence-electron chi connectivity index (χ2n) is 6.14. The van der Waals surface area contributed by atoms with Crippen LogP contribution in [0.3, 0.4) is 0 Å². The van der Waals surface area contributed by atoms with Crippen molar-refractivity contribution in [3.05, 3.63) is 48.2 Å². The third-order valence-corrected chi connectivity index (χ3v) is 2.79. The van der Waals surface area contributed by atoms with Gasteiger partial charge >= 0.3 is 12.1 Å². The van der Waals surface area contributed by atoms with Gasteiger partial charge in [0.1, 0.15) is 11.6 Å². The van der Waals surface area contributed by atoms with Crippen LogP contribution in [0.1, 0.15) is 26.3 Å². The summed E-state index contributed by atoms with van der Waals surface area (Å²) in [7, 11) is 0. The molecular formula is C17H20F3NO3. The zero-order chi connectivity index (χ0) is 18.4. The molecule has 0 saturated heterocycles. The molecule has 1 aromatic carbocycles. The molecule has 1 aromatic rings. The van der Waals surface area contributed by atoms with Crippen LogP contribution in [-0.2, 0) is 20.7 Å². The smallest absolute Gasteiger partial charge is 0.454 e. The maximum atomic E-state index is 12.2. The van der Waals surface area contributed by atoms with Crippen LogP contribution in [0.4, 0.5) is 13.2 Å². The minimum atomic E-state index is -4.95. The monoisotopic (exact) mass is 343 g/mol. The Hall–Kier alpha value is -2.31. The normalized spacial score (nSPS) is 13.6. The number of allylic oxidation sites excluding steroid dienone is 1. The zero-order valence-electron chi connectivity index (χ0n) is 13.7. The number of rotatable bonds is 6. The molecule has 0 bridgehead atoms. The van der Waals surface area contributed by atoms with Crippen LogP contribution in [0.15, 0.2) is 42.6 Å². The Kier molecular flexibility index (Phi) is 6.57. The Morgan fingerprint density at radius 3 is 2.25 bits per heavy atom. The highest BCUT2D eigenvalue weighted by atomic mass is 19.4. The minimum Gasteiger partial charge on any atom is -0.458 e. The van der Waals surface area contributed by atoms with Gasteiger partial charge in [0.15, 0.2) is 0 Å². The van der Waals surface area contributed by atoms with Gasteiger partial charge in [0.25, 0.3) is 5.78 Å². The fourth-order valence-electron chi connectivity index (χ4n) is 1.77. The van der Waals surface area contributed by atoms with Crippen LogP contribution in [0.2, 0.25) is 0 Å². The minimum absolute atomic E-state index is 0.209. The number of hydrogen-bond acceptors (Lipinski definition) is 4. The second-order valence-corrected chi connectivity index (χ2v) is 6.14. The van der Waals surface area contributed by atoms with Crippen molar-refractivity contribution in [1.29, 1.82) is 0 Å². The molecule has 1 N–H and O–H groups in total. The summed E-state index contributed by atoms with van der Waals surface area (Å²) in [6.07, 6.45) is -3.56. The molecule has 0 amide bonds. The molecule has 0 spiro atoms. The van der Waals surface area contributed by atoms with Crippen LogP contribution >= 0.6 is 0 Å². The molecule has 1 atom stereocenters. The van der Waals surface area contributed by atoms with Crippen LogP contribution in [0, 0.1) is 0 Å². The van der Waals surface area contributed by atoms with E-state index in [9.17, 15) is 22.8 Å². The van der Waals surface area contributed by atoms with Crippen molar-refractivity contribution in [2.45, 2.75) is 45.0 Å². The van der Waals surface area contributed by atoms with Crippen molar-refractivity contribution >= 4 is 11.8 Å². The first kappa shape index (κ1) is 19.7. The SMILES string of the molecule is CC(C)(C)OC(=O)[C@H](Cc1ccccc1)N/C=C/C(=O)C(F)(F)F. The van der Waals surface area contributed by atoms with Gasteiger partial charge in [0, 0.05) is 18.7 Å². The van der Waals surface area contributed by atoms with E-state index in [0.717, 1.165) is 11.8 Å². The number of halogens is 3. The lowest BCUT2D eigenvalue weighted by atomic mass is 10.1. The van der Waals surface area contributed by atoms with E-state index in [1.54, 1.807) is 51.1 Å². The lowest BCUT2D eigenvalue weighted by Crippen LogP contribution is -2.40. The molecule has 0 saturated carbocycles. The average molecular weight is 343 g/mol. The molecule has 0 fully saturated rings. The number of carbonyl (C=O) groups is 2. The number of benzene rings is 1. The van der Waals surface area contributed by atoms with Gasteiger partial charge in [-0.15, -0.1) is 0 Å². The van der Waals surface area contributed by atoms with E-state index >= 15 is 0 Å². The third kappa shape index (κ3) is 7.30. The molecule has 7 heteroatoms. The van der Waals surface area contributed by atoms with Crippen molar-refractivity contribution in [1.82, 2.24) is 5.32 Å². The van der Waals surface area contributed by atoms with Gasteiger partial charge in [-0.05, 0) is 26.3 Å². The Labute approximate surface area is 138 Å². The topological polar surface area (TPSA) is 55.4 Å². The fraction of sp³-hybridized carbons (Fsp3) is 0.412. The zero-order valence-corrected chi connectivity index (χ0v) is 13.7. The highest BCUT2D eigenvalue weighted by molar-refractivity contribution is 5.94. The second kappa shape index (κ2) is 7.99. The lowest BCUT2D eigenvalue weighted by molar-refractivity contribution is -0.165. The predicted molar refractivity (Wildman–Crippen MR) is 83.1 cm³/mol. The molecule has 0 radical (unpaired) electrons. The first-order valence-corrected chi connectivity index (χ1v) is 7.29. The number of alkyl halides is 3. The quantitative estimate of drug-likeness (QED) is 0.637. The van der Waals surface area contributed by atoms with Crippen molar-refractivity contribution < 1.29 is 27.5 Å². The van der Waals surface area contributed by atoms with Crippen molar-refractivity contribution in [2.75, 3.05) is 0 Å². The van der Waals surface area contributed by atoms with Crippen LogP contribution in [-0.4, -0.2) is 29.6 Å². The molecule has 0 aliphatic heterocycles. The first-order chi connectivity index (χ1) is 11.0. The summed E-state index contributed by atoms with van der Waals surface area (Å²) in [4.78, 5) is 23.0. The standard InChI is InChI=1S/C17H20F3NO3/c1-16(2,3)24-15(23)13(11-12-7-5-4-6-8-12)21-10-9-14(22)17(18,19)20/h4-10,13,21H,11H2,1-3H3/b10-9+/t13-/m0/s1. The molecule has 1 rings (SSSR count). The highest BCUT2D eigenvalue weighted by Gasteiger charge is 2.36. The summed E-state index contributed by atoms with van der Waals surface area (Å²) in [5, 5.41) is 2.52. The Bertz CT molecular complexity index is 589. The van der Waals surface area contributed by atoms with Gasteiger partial charge in [0.05, 0.1) is 0 Å². The molecule has 0 aromatic heterocycles. The first-order valence-electron chi connectivity index (χ1n) is 7.29. The predicted octanol–water partition coefficient (Wildman–Crippen LogP) is 3.17. The molecule has 132 valence electrons. The molecular weight excluding hydrogens is 323 g/mol. The van der Waals surface area contributed by atoms with Gasteiger partial charge in [-0.3, -0.25) is 4.79 Å². The summed E-state index contributed by atoms with van der Waals surface area (Å²) >= 11 is 0. The number of ether oxygens (including phenoxy) is 1. The molecule has 0 unspecified atom stereocenters. The van der Waals surface area contributed by atoms with Crippen molar-refractivity contribution in [3.63, 3.8) is 0 Å². The summed E-state index contributed by atoms with van der Waals surface area (Å²) in [5.41, 5.74) is 0.0653. The highest BCUT2D eigenvalue weighted by Crippen LogP contribution is 2.16. The summed E-state index contributed by atoms with van der Waals surface area (Å²) in [6.45, 7) is 5.06. The summed E-state index contributed by atoms with van der Waals surface area (Å²) < 4.78 is 41.8. The lowest BCUT2D eigenvalue weighted by Gasteiger charge is -2.24. The van der Waals surface area contributed by atoms with E-state index < -0.39 is 29.6 Å². The molecule has 4 nitrogen and oxygen atoms in total. The number of nitrogens with one attached hydrogen (secondary N) is 1. The van der Waals surface area contributed by atoms with E-state index in [4.69, 9.17) is 4.74 Å². The maximum Gasteiger partial charge on any atom is 0.454 e. The van der Waals surface area contributed by atoms with Crippen molar-refractivity contribution in [3.8, 4) is 0 Å². The van der Waals surface area contributed by atoms with Crippen LogP contribution in [0.25, 0.3) is 0 Å². The van der Waals surface area contributed by atoms with Crippen molar-refractivity contribution in [2.24, 2.45) is 0 Å². The Balaban J connectivity index is 2.83. The number of esters is 1. The number of carbonyl (C=O) groups excluding carboxylic acids is 2.